The second kappa shape index (κ2) is 6.56. The smallest absolute Gasteiger partial charge is 0.330 e. The van der Waals surface area contributed by atoms with E-state index in [1.165, 1.54) is 25.3 Å². The van der Waals surface area contributed by atoms with Gasteiger partial charge in [0.25, 0.3) is 0 Å². The first-order valence-electron chi connectivity index (χ1n) is 7.36. The van der Waals surface area contributed by atoms with Gasteiger partial charge in [-0.15, -0.1) is 0 Å². The van der Waals surface area contributed by atoms with Crippen molar-refractivity contribution in [1.29, 1.82) is 0 Å². The Morgan fingerprint density at radius 3 is 2.32 bits per heavy atom. The molecule has 1 rings (SSSR count). The third kappa shape index (κ3) is 4.64. The number of piperidine rings is 1. The molecule has 1 aliphatic heterocycles. The minimum absolute atomic E-state index is 0.277. The van der Waals surface area contributed by atoms with E-state index in [1.807, 2.05) is 0 Å². The molecule has 1 aliphatic rings. The van der Waals surface area contributed by atoms with Gasteiger partial charge in [0.15, 0.2) is 0 Å². The number of nitrogens with zero attached hydrogens (tertiary/aromatic N) is 1. The molecule has 3 heteroatoms. The number of unbranched alkanes of at least 4 members (excludes halogenated alkanes) is 1. The van der Waals surface area contributed by atoms with E-state index < -0.39 is 0 Å². The van der Waals surface area contributed by atoms with Crippen molar-refractivity contribution >= 4 is 5.97 Å². The molecule has 0 spiro atoms. The van der Waals surface area contributed by atoms with Gasteiger partial charge in [-0.1, -0.05) is 6.58 Å². The van der Waals surface area contributed by atoms with Gasteiger partial charge in [0.2, 0.25) is 0 Å². The molecule has 0 amide bonds. The zero-order valence-electron chi connectivity index (χ0n) is 13.0. The molecule has 19 heavy (non-hydrogen) atoms. The lowest BCUT2D eigenvalue weighted by atomic mass is 9.79. The Bertz CT molecular complexity index is 305. The lowest BCUT2D eigenvalue weighted by Crippen LogP contribution is -2.58. The fourth-order valence-electron chi connectivity index (χ4n) is 3.25. The van der Waals surface area contributed by atoms with Crippen molar-refractivity contribution in [2.75, 3.05) is 13.2 Å². The monoisotopic (exact) mass is 267 g/mol. The minimum Gasteiger partial charge on any atom is -0.463 e. The molecule has 0 atom stereocenters. The summed E-state index contributed by atoms with van der Waals surface area (Å²) >= 11 is 0. The Balaban J connectivity index is 2.37. The van der Waals surface area contributed by atoms with E-state index in [0.717, 1.165) is 19.4 Å². The maximum Gasteiger partial charge on any atom is 0.330 e. The molecule has 0 radical (unpaired) electrons. The Labute approximate surface area is 118 Å². The maximum atomic E-state index is 10.9. The van der Waals surface area contributed by atoms with E-state index in [4.69, 9.17) is 4.74 Å². The van der Waals surface area contributed by atoms with Gasteiger partial charge in [0.1, 0.15) is 0 Å². The number of esters is 1. The van der Waals surface area contributed by atoms with Crippen molar-refractivity contribution in [3.8, 4) is 0 Å². The highest BCUT2D eigenvalue weighted by Crippen LogP contribution is 2.38. The van der Waals surface area contributed by atoms with Gasteiger partial charge in [0, 0.05) is 17.2 Å². The molecule has 0 saturated carbocycles. The second-order valence-corrected chi connectivity index (χ2v) is 6.71. The van der Waals surface area contributed by atoms with Crippen molar-refractivity contribution in [2.45, 2.75) is 70.9 Å². The summed E-state index contributed by atoms with van der Waals surface area (Å²) in [6, 6.07) is 0. The number of rotatable bonds is 6. The SMILES string of the molecule is C=CC(=O)OCCCCN1C(C)(C)CCCC1(C)C. The summed E-state index contributed by atoms with van der Waals surface area (Å²) in [6.45, 7) is 14.3. The van der Waals surface area contributed by atoms with Crippen LogP contribution in [0.5, 0.6) is 0 Å². The highest BCUT2D eigenvalue weighted by molar-refractivity contribution is 5.81. The molecule has 0 N–H and O–H groups in total. The van der Waals surface area contributed by atoms with Gasteiger partial charge < -0.3 is 4.74 Å². The fraction of sp³-hybridized carbons (Fsp3) is 0.812. The molecule has 1 fully saturated rings. The van der Waals surface area contributed by atoms with Crippen LogP contribution in [-0.2, 0) is 9.53 Å². The summed E-state index contributed by atoms with van der Waals surface area (Å²) in [5, 5.41) is 0. The summed E-state index contributed by atoms with van der Waals surface area (Å²) in [7, 11) is 0. The Hall–Kier alpha value is -0.830. The van der Waals surface area contributed by atoms with Gasteiger partial charge >= 0.3 is 5.97 Å². The second-order valence-electron chi connectivity index (χ2n) is 6.71. The van der Waals surface area contributed by atoms with Crippen molar-refractivity contribution in [3.63, 3.8) is 0 Å². The Kier molecular flexibility index (Phi) is 5.60. The standard InChI is InChI=1S/C16H29NO2/c1-6-14(18)19-13-8-7-12-17-15(2,3)10-9-11-16(17,4)5/h6H,1,7-13H2,2-5H3. The summed E-state index contributed by atoms with van der Waals surface area (Å²) in [5.74, 6) is -0.321. The summed E-state index contributed by atoms with van der Waals surface area (Å²) in [6.07, 6.45) is 7.05. The quantitative estimate of drug-likeness (QED) is 0.419. The number of likely N-dealkylation sites (tertiary alicyclic amines) is 1. The van der Waals surface area contributed by atoms with Gasteiger partial charge in [-0.2, -0.15) is 0 Å². The van der Waals surface area contributed by atoms with Crippen LogP contribution in [0.15, 0.2) is 12.7 Å². The molecular formula is C16H29NO2. The normalized spacial score (nSPS) is 21.9. The van der Waals surface area contributed by atoms with Crippen molar-refractivity contribution < 1.29 is 9.53 Å². The van der Waals surface area contributed by atoms with Crippen LogP contribution in [0, 0.1) is 0 Å². The molecule has 0 bridgehead atoms. The third-order valence-corrected chi connectivity index (χ3v) is 4.23. The molecular weight excluding hydrogens is 238 g/mol. The molecule has 0 aromatic rings. The molecule has 0 unspecified atom stereocenters. The molecule has 0 aromatic heterocycles. The first-order chi connectivity index (χ1) is 8.79. The van der Waals surface area contributed by atoms with Gasteiger partial charge in [-0.25, -0.2) is 4.79 Å². The topological polar surface area (TPSA) is 29.5 Å². The van der Waals surface area contributed by atoms with Crippen molar-refractivity contribution in [3.05, 3.63) is 12.7 Å². The van der Waals surface area contributed by atoms with E-state index in [-0.39, 0.29) is 17.0 Å². The first kappa shape index (κ1) is 16.2. The van der Waals surface area contributed by atoms with E-state index in [1.54, 1.807) is 0 Å². The zero-order valence-corrected chi connectivity index (χ0v) is 13.0. The summed E-state index contributed by atoms with van der Waals surface area (Å²) in [4.78, 5) is 13.6. The average Bonchev–Trinajstić information content (AvgIpc) is 2.30. The van der Waals surface area contributed by atoms with Crippen LogP contribution in [0.1, 0.15) is 59.8 Å². The van der Waals surface area contributed by atoms with Crippen molar-refractivity contribution in [2.24, 2.45) is 0 Å². The van der Waals surface area contributed by atoms with Crippen LogP contribution in [0.4, 0.5) is 0 Å². The molecule has 3 nitrogen and oxygen atoms in total. The number of hydrogen-bond donors (Lipinski definition) is 0. The van der Waals surface area contributed by atoms with Gasteiger partial charge in [-0.3, -0.25) is 4.90 Å². The zero-order chi connectivity index (χ0) is 14.5. The summed E-state index contributed by atoms with van der Waals surface area (Å²) in [5.41, 5.74) is 0.555. The van der Waals surface area contributed by atoms with E-state index in [2.05, 4.69) is 39.2 Å². The molecule has 0 aliphatic carbocycles. The largest absolute Gasteiger partial charge is 0.463 e. The lowest BCUT2D eigenvalue weighted by Gasteiger charge is -2.53. The minimum atomic E-state index is -0.321. The van der Waals surface area contributed by atoms with Crippen LogP contribution in [0.25, 0.3) is 0 Å². The molecule has 1 saturated heterocycles. The highest BCUT2D eigenvalue weighted by Gasteiger charge is 2.40. The predicted molar refractivity (Wildman–Crippen MR) is 79.1 cm³/mol. The predicted octanol–water partition coefficient (Wildman–Crippen LogP) is 3.54. The van der Waals surface area contributed by atoms with E-state index in [0.29, 0.717) is 6.61 Å². The number of hydrogen-bond acceptors (Lipinski definition) is 3. The average molecular weight is 267 g/mol. The molecule has 110 valence electrons. The number of carbonyl (C=O) groups excluding carboxylic acids is 1. The van der Waals surface area contributed by atoms with Crippen molar-refractivity contribution in [1.82, 2.24) is 4.90 Å². The van der Waals surface area contributed by atoms with E-state index >= 15 is 0 Å². The maximum absolute atomic E-state index is 10.9. The van der Waals surface area contributed by atoms with Crippen LogP contribution in [-0.4, -0.2) is 35.1 Å². The van der Waals surface area contributed by atoms with Gasteiger partial charge in [-0.05, 0) is 66.3 Å². The number of ether oxygens (including phenoxy) is 1. The first-order valence-corrected chi connectivity index (χ1v) is 7.36. The lowest BCUT2D eigenvalue weighted by molar-refractivity contribution is -0.137. The van der Waals surface area contributed by atoms with Crippen LogP contribution >= 0.6 is 0 Å². The Morgan fingerprint density at radius 1 is 1.21 bits per heavy atom. The molecule has 1 heterocycles. The van der Waals surface area contributed by atoms with Gasteiger partial charge in [0.05, 0.1) is 6.61 Å². The van der Waals surface area contributed by atoms with Crippen LogP contribution in [0.2, 0.25) is 0 Å². The molecule has 0 aromatic carbocycles. The fourth-order valence-corrected chi connectivity index (χ4v) is 3.25. The van der Waals surface area contributed by atoms with E-state index in [9.17, 15) is 4.79 Å². The summed E-state index contributed by atoms with van der Waals surface area (Å²) < 4.78 is 5.01. The third-order valence-electron chi connectivity index (χ3n) is 4.23. The Morgan fingerprint density at radius 2 is 1.79 bits per heavy atom. The van der Waals surface area contributed by atoms with Crippen LogP contribution < -0.4 is 0 Å². The number of carbonyl (C=O) groups is 1. The highest BCUT2D eigenvalue weighted by atomic mass is 16.5. The van der Waals surface area contributed by atoms with Crippen LogP contribution in [0.3, 0.4) is 0 Å².